The molecule has 0 radical (unpaired) electrons. The third-order valence-electron chi connectivity index (χ3n) is 6.50. The minimum atomic E-state index is -4.71. The quantitative estimate of drug-likeness (QED) is 0.402. The number of hydrogen-bond donors (Lipinski definition) is 2. The molecule has 2 aromatic carbocycles. The van der Waals surface area contributed by atoms with Gasteiger partial charge in [0.1, 0.15) is 29.4 Å². The van der Waals surface area contributed by atoms with E-state index in [0.29, 0.717) is 16.7 Å². The molecule has 0 aromatic heterocycles. The Morgan fingerprint density at radius 1 is 1.20 bits per heavy atom. The lowest BCUT2D eigenvalue weighted by atomic mass is 9.86. The number of benzene rings is 2. The van der Waals surface area contributed by atoms with E-state index in [1.54, 1.807) is 13.0 Å². The van der Waals surface area contributed by atoms with E-state index in [9.17, 15) is 37.1 Å². The first-order valence-corrected chi connectivity index (χ1v) is 12.6. The third-order valence-corrected chi connectivity index (χ3v) is 6.82. The van der Waals surface area contributed by atoms with Crippen LogP contribution in [0.25, 0.3) is 5.57 Å². The monoisotopic (exact) mass is 597 g/mol. The van der Waals surface area contributed by atoms with Gasteiger partial charge in [0.2, 0.25) is 0 Å². The molecule has 2 amide bonds. The molecule has 0 saturated carbocycles. The second kappa shape index (κ2) is 11.6. The molecule has 1 aliphatic heterocycles. The number of amides is 2. The molecule has 2 aromatic rings. The third kappa shape index (κ3) is 7.12. The molecule has 3 rings (SSSR count). The van der Waals surface area contributed by atoms with Gasteiger partial charge in [0.25, 0.3) is 11.8 Å². The number of carboxylic acid groups (broad SMARTS) is 1. The van der Waals surface area contributed by atoms with Gasteiger partial charge in [-0.15, -0.1) is 0 Å². The Bertz CT molecular complexity index is 1430. The van der Waals surface area contributed by atoms with Crippen LogP contribution in [0.15, 0.2) is 47.6 Å². The maximum Gasteiger partial charge on any atom is 0.411 e. The first kappa shape index (κ1) is 31.8. The van der Waals surface area contributed by atoms with Crippen LogP contribution in [0.5, 0.6) is 0 Å². The molecule has 0 fully saturated rings. The predicted molar refractivity (Wildman–Crippen MR) is 144 cm³/mol. The van der Waals surface area contributed by atoms with Crippen LogP contribution in [0.1, 0.15) is 59.0 Å². The molecule has 8 nitrogen and oxygen atoms in total. The van der Waals surface area contributed by atoms with Crippen LogP contribution < -0.4 is 5.32 Å². The van der Waals surface area contributed by atoms with Crippen molar-refractivity contribution < 1.29 is 41.8 Å². The van der Waals surface area contributed by atoms with E-state index in [2.05, 4.69) is 10.3 Å². The highest BCUT2D eigenvalue weighted by Gasteiger charge is 2.43. The SMILES string of the molecule is Cc1ccc(C(=O)NC(C)(C)C(=O)O)cc1C1=CN=C(N(C)C(=O)c2c(F)cccc2Cl)C(C)(OCC(F)(F)F)C1. The molecule has 1 aliphatic rings. The summed E-state index contributed by atoms with van der Waals surface area (Å²) in [5, 5.41) is 11.6. The van der Waals surface area contributed by atoms with E-state index in [0.717, 1.165) is 11.0 Å². The van der Waals surface area contributed by atoms with Crippen molar-refractivity contribution >= 4 is 40.8 Å². The van der Waals surface area contributed by atoms with E-state index >= 15 is 0 Å². The van der Waals surface area contributed by atoms with Crippen LogP contribution in [-0.2, 0) is 9.53 Å². The summed E-state index contributed by atoms with van der Waals surface area (Å²) in [5.41, 5.74) is -2.29. The normalized spacial score (nSPS) is 17.4. The van der Waals surface area contributed by atoms with Gasteiger partial charge in [-0.25, -0.2) is 14.2 Å². The average molecular weight is 598 g/mol. The van der Waals surface area contributed by atoms with Gasteiger partial charge in [-0.2, -0.15) is 13.2 Å². The topological polar surface area (TPSA) is 108 Å². The molecule has 1 heterocycles. The molecule has 1 unspecified atom stereocenters. The number of nitrogens with one attached hydrogen (secondary N) is 1. The van der Waals surface area contributed by atoms with Crippen molar-refractivity contribution in [3.05, 3.63) is 75.7 Å². The second-order valence-electron chi connectivity index (χ2n) is 10.3. The number of carbonyl (C=O) groups excluding carboxylic acids is 2. The standard InChI is InChI=1S/C28H28ClF4N3O5/c1-15-9-10-16(22(37)35-26(2,3)25(39)40)11-18(15)17-12-27(4,41-14-28(31,32)33)24(34-13-17)36(5)23(38)21-19(29)7-6-8-20(21)30/h6-11,13H,12,14H2,1-5H3,(H,35,37)(H,39,40). The lowest BCUT2D eigenvalue weighted by Gasteiger charge is -2.38. The highest BCUT2D eigenvalue weighted by molar-refractivity contribution is 6.34. The van der Waals surface area contributed by atoms with Gasteiger partial charge in [-0.05, 0) is 68.7 Å². The maximum atomic E-state index is 14.5. The zero-order valence-electron chi connectivity index (χ0n) is 22.8. The van der Waals surface area contributed by atoms with Crippen LogP contribution in [0.4, 0.5) is 17.6 Å². The van der Waals surface area contributed by atoms with Crippen LogP contribution in [0.3, 0.4) is 0 Å². The number of halogens is 5. The number of carboxylic acids is 1. The Balaban J connectivity index is 2.06. The summed E-state index contributed by atoms with van der Waals surface area (Å²) in [6.45, 7) is 4.00. The Morgan fingerprint density at radius 3 is 2.44 bits per heavy atom. The first-order valence-electron chi connectivity index (χ1n) is 12.2. The van der Waals surface area contributed by atoms with Gasteiger partial charge < -0.3 is 15.2 Å². The molecule has 0 saturated heterocycles. The van der Waals surface area contributed by atoms with Crippen molar-refractivity contribution in [2.45, 2.75) is 51.4 Å². The van der Waals surface area contributed by atoms with Gasteiger partial charge in [-0.1, -0.05) is 23.7 Å². The number of aliphatic carboxylic acids is 1. The molecule has 0 aliphatic carbocycles. The van der Waals surface area contributed by atoms with E-state index in [-0.39, 0.29) is 22.8 Å². The fourth-order valence-electron chi connectivity index (χ4n) is 4.21. The lowest BCUT2D eigenvalue weighted by Crippen LogP contribution is -2.52. The minimum absolute atomic E-state index is 0.106. The van der Waals surface area contributed by atoms with Gasteiger partial charge in [0.05, 0.1) is 10.6 Å². The van der Waals surface area contributed by atoms with Crippen molar-refractivity contribution in [1.29, 1.82) is 0 Å². The molecule has 41 heavy (non-hydrogen) atoms. The highest BCUT2D eigenvalue weighted by atomic mass is 35.5. The van der Waals surface area contributed by atoms with Gasteiger partial charge >= 0.3 is 12.1 Å². The summed E-state index contributed by atoms with van der Waals surface area (Å²) < 4.78 is 59.5. The molecule has 0 bridgehead atoms. The highest BCUT2D eigenvalue weighted by Crippen LogP contribution is 2.37. The zero-order chi connectivity index (χ0) is 30.9. The largest absolute Gasteiger partial charge is 0.480 e. The van der Waals surface area contributed by atoms with E-state index in [4.69, 9.17) is 16.3 Å². The number of ether oxygens (including phenoxy) is 1. The number of hydrogen-bond acceptors (Lipinski definition) is 5. The van der Waals surface area contributed by atoms with E-state index < -0.39 is 53.1 Å². The van der Waals surface area contributed by atoms with Crippen molar-refractivity contribution in [3.63, 3.8) is 0 Å². The summed E-state index contributed by atoms with van der Waals surface area (Å²) >= 11 is 6.03. The number of nitrogens with zero attached hydrogens (tertiary/aromatic N) is 2. The maximum absolute atomic E-state index is 14.5. The van der Waals surface area contributed by atoms with Crippen molar-refractivity contribution in [3.8, 4) is 0 Å². The fraction of sp³-hybridized carbons (Fsp3) is 0.357. The minimum Gasteiger partial charge on any atom is -0.480 e. The van der Waals surface area contributed by atoms with Crippen LogP contribution in [0.2, 0.25) is 5.02 Å². The van der Waals surface area contributed by atoms with E-state index in [1.807, 2.05) is 0 Å². The molecule has 13 heteroatoms. The van der Waals surface area contributed by atoms with E-state index in [1.165, 1.54) is 58.3 Å². The summed E-state index contributed by atoms with van der Waals surface area (Å²) in [5.74, 6) is -4.01. The molecule has 2 N–H and O–H groups in total. The number of alkyl halides is 3. The van der Waals surface area contributed by atoms with Gasteiger partial charge in [-0.3, -0.25) is 14.5 Å². The number of amidine groups is 1. The number of rotatable bonds is 7. The van der Waals surface area contributed by atoms with Crippen molar-refractivity contribution in [1.82, 2.24) is 10.2 Å². The number of likely N-dealkylation sites (N-methyl/N-ethyl adjacent to an activating group) is 1. The number of aryl methyl sites for hydroxylation is 1. The number of aliphatic imine (C=N–C) groups is 1. The summed E-state index contributed by atoms with van der Waals surface area (Å²) in [4.78, 5) is 42.6. The van der Waals surface area contributed by atoms with Gasteiger partial charge in [0, 0.05) is 25.2 Å². The molecule has 0 spiro atoms. The second-order valence-corrected chi connectivity index (χ2v) is 10.7. The van der Waals surface area contributed by atoms with Crippen molar-refractivity contribution in [2.75, 3.05) is 13.7 Å². The van der Waals surface area contributed by atoms with Gasteiger partial charge in [0.15, 0.2) is 0 Å². The fourth-order valence-corrected chi connectivity index (χ4v) is 4.46. The molecular formula is C28H28ClF4N3O5. The Labute approximate surface area is 238 Å². The first-order chi connectivity index (χ1) is 18.9. The lowest BCUT2D eigenvalue weighted by molar-refractivity contribution is -0.192. The summed E-state index contributed by atoms with van der Waals surface area (Å²) in [7, 11) is 1.22. The van der Waals surface area contributed by atoms with Crippen molar-refractivity contribution in [2.24, 2.45) is 4.99 Å². The van der Waals surface area contributed by atoms with Crippen LogP contribution in [0, 0.1) is 12.7 Å². The Hall–Kier alpha value is -3.77. The number of carbonyl (C=O) groups is 3. The van der Waals surface area contributed by atoms with Crippen LogP contribution in [-0.4, -0.2) is 64.6 Å². The smallest absolute Gasteiger partial charge is 0.411 e. The van der Waals surface area contributed by atoms with Crippen LogP contribution >= 0.6 is 11.6 Å². The summed E-state index contributed by atoms with van der Waals surface area (Å²) in [6, 6.07) is 8.17. The predicted octanol–water partition coefficient (Wildman–Crippen LogP) is 5.63. The summed E-state index contributed by atoms with van der Waals surface area (Å²) in [6.07, 6.45) is -3.60. The average Bonchev–Trinajstić information content (AvgIpc) is 2.86. The Morgan fingerprint density at radius 2 is 1.85 bits per heavy atom. The Kier molecular flexibility index (Phi) is 8.99. The zero-order valence-corrected chi connectivity index (χ0v) is 23.6. The molecule has 1 atom stereocenters. The molecular weight excluding hydrogens is 570 g/mol. The molecule has 220 valence electrons.